The van der Waals surface area contributed by atoms with Crippen LogP contribution in [0.2, 0.25) is 0 Å². The van der Waals surface area contributed by atoms with E-state index in [1.165, 1.54) is 5.56 Å². The maximum atomic E-state index is 11.5. The van der Waals surface area contributed by atoms with Crippen LogP contribution in [0.1, 0.15) is 12.0 Å². The lowest BCUT2D eigenvalue weighted by atomic mass is 10.3. The summed E-state index contributed by atoms with van der Waals surface area (Å²) in [5.41, 5.74) is 1.21. The van der Waals surface area contributed by atoms with Gasteiger partial charge in [0, 0.05) is 18.7 Å². The zero-order valence-electron chi connectivity index (χ0n) is 11.1. The van der Waals surface area contributed by atoms with Crippen LogP contribution in [0.25, 0.3) is 0 Å². The lowest BCUT2D eigenvalue weighted by molar-refractivity contribution is -0.695. The molecule has 2 N–H and O–H groups in total. The highest BCUT2D eigenvalue weighted by Gasteiger charge is 2.05. The minimum atomic E-state index is 0. The maximum absolute atomic E-state index is 11.5. The van der Waals surface area contributed by atoms with Crippen molar-refractivity contribution in [1.82, 2.24) is 5.32 Å². The molecule has 0 fully saturated rings. The first kappa shape index (κ1) is 18.0. The van der Waals surface area contributed by atoms with Gasteiger partial charge in [-0.3, -0.25) is 4.79 Å². The molecule has 0 saturated carbocycles. The number of ether oxygens (including phenoxy) is 1. The second kappa shape index (κ2) is 10.9. The molecule has 1 heterocycles. The average Bonchev–Trinajstić information content (AvgIpc) is 2.38. The molecule has 0 radical (unpaired) electrons. The number of rotatable bonds is 8. The van der Waals surface area contributed by atoms with E-state index in [9.17, 15) is 4.79 Å². The molecule has 0 unspecified atom stereocenters. The van der Waals surface area contributed by atoms with Crippen molar-refractivity contribution in [3.63, 3.8) is 0 Å². The number of carbonyl (C=O) groups excluding carboxylic acids is 1. The van der Waals surface area contributed by atoms with Crippen LogP contribution in [-0.2, 0) is 16.1 Å². The molecule has 1 aromatic rings. The van der Waals surface area contributed by atoms with E-state index in [2.05, 4.69) is 5.32 Å². The van der Waals surface area contributed by atoms with Crippen molar-refractivity contribution in [2.45, 2.75) is 19.9 Å². The molecule has 108 valence electrons. The van der Waals surface area contributed by atoms with Crippen molar-refractivity contribution in [1.29, 1.82) is 0 Å². The number of carbonyl (C=O) groups is 1. The van der Waals surface area contributed by atoms with Crippen LogP contribution >= 0.6 is 0 Å². The number of pyridine rings is 1. The highest BCUT2D eigenvalue weighted by Crippen LogP contribution is 1.90. The molecule has 6 heteroatoms. The minimum Gasteiger partial charge on any atom is -1.00 e. The fourth-order valence-corrected chi connectivity index (χ4v) is 1.43. The number of hydrogen-bond acceptors (Lipinski definition) is 3. The number of nitrogens with zero attached hydrogens (tertiary/aromatic N) is 1. The molecule has 0 bridgehead atoms. The predicted octanol–water partition coefficient (Wildman–Crippen LogP) is -3.20. The number of nitrogens with one attached hydrogen (secondary N) is 1. The number of aromatic nitrogens is 1. The molecule has 19 heavy (non-hydrogen) atoms. The van der Waals surface area contributed by atoms with Crippen LogP contribution in [0.15, 0.2) is 24.5 Å². The molecular formula is C13H21BrN2O3. The Kier molecular flexibility index (Phi) is 10.3. The van der Waals surface area contributed by atoms with Gasteiger partial charge in [-0.05, 0) is 12.5 Å². The maximum Gasteiger partial charge on any atom is 0.226 e. The summed E-state index contributed by atoms with van der Waals surface area (Å²) in [6, 6.07) is 4.03. The Morgan fingerprint density at radius 2 is 2.05 bits per heavy atom. The molecular weight excluding hydrogens is 312 g/mol. The number of hydrogen-bond donors (Lipinski definition) is 2. The van der Waals surface area contributed by atoms with Crippen molar-refractivity contribution < 1.29 is 36.2 Å². The summed E-state index contributed by atoms with van der Waals surface area (Å²) in [6.07, 6.45) is 4.38. The lowest BCUT2D eigenvalue weighted by Crippen LogP contribution is -3.00. The van der Waals surface area contributed by atoms with E-state index in [-0.39, 0.29) is 29.5 Å². The quantitative estimate of drug-likeness (QED) is 0.389. The summed E-state index contributed by atoms with van der Waals surface area (Å²) in [6.45, 7) is 3.95. The third kappa shape index (κ3) is 8.69. The molecule has 1 aromatic heterocycles. The molecule has 0 aliphatic heterocycles. The molecule has 0 aromatic carbocycles. The van der Waals surface area contributed by atoms with Gasteiger partial charge >= 0.3 is 0 Å². The Hall–Kier alpha value is -0.980. The monoisotopic (exact) mass is 332 g/mol. The van der Waals surface area contributed by atoms with Crippen LogP contribution < -0.4 is 26.9 Å². The minimum absolute atomic E-state index is 0. The Morgan fingerprint density at radius 3 is 2.68 bits per heavy atom. The third-order valence-electron chi connectivity index (χ3n) is 2.46. The van der Waals surface area contributed by atoms with E-state index < -0.39 is 0 Å². The summed E-state index contributed by atoms with van der Waals surface area (Å²) in [5.74, 6) is 0.00988. The van der Waals surface area contributed by atoms with Gasteiger partial charge in [-0.15, -0.1) is 0 Å². The van der Waals surface area contributed by atoms with E-state index in [4.69, 9.17) is 9.84 Å². The van der Waals surface area contributed by atoms with Crippen LogP contribution in [-0.4, -0.2) is 37.4 Å². The van der Waals surface area contributed by atoms with Gasteiger partial charge in [0.25, 0.3) is 0 Å². The van der Waals surface area contributed by atoms with Crippen molar-refractivity contribution in [2.24, 2.45) is 0 Å². The Morgan fingerprint density at radius 1 is 1.37 bits per heavy atom. The molecule has 0 saturated heterocycles. The first-order valence-corrected chi connectivity index (χ1v) is 6.13. The summed E-state index contributed by atoms with van der Waals surface area (Å²) in [7, 11) is 0. The fourth-order valence-electron chi connectivity index (χ4n) is 1.43. The number of amides is 1. The zero-order chi connectivity index (χ0) is 13.2. The molecule has 1 amide bonds. The SMILES string of the molecule is Cc1cc[n+](CCC(=O)NCCOCCO)cc1.[Br-]. The second-order valence-electron chi connectivity index (χ2n) is 4.05. The van der Waals surface area contributed by atoms with E-state index in [1.807, 2.05) is 36.0 Å². The van der Waals surface area contributed by atoms with Gasteiger partial charge in [-0.25, -0.2) is 4.57 Å². The summed E-state index contributed by atoms with van der Waals surface area (Å²) < 4.78 is 7.02. The van der Waals surface area contributed by atoms with E-state index in [1.54, 1.807) is 0 Å². The summed E-state index contributed by atoms with van der Waals surface area (Å²) >= 11 is 0. The van der Waals surface area contributed by atoms with Gasteiger partial charge in [0.1, 0.15) is 0 Å². The molecule has 0 aliphatic carbocycles. The number of aliphatic hydroxyl groups excluding tert-OH is 1. The number of aryl methyl sites for hydroxylation is 2. The average molecular weight is 333 g/mol. The van der Waals surface area contributed by atoms with Gasteiger partial charge in [0.05, 0.1) is 26.2 Å². The van der Waals surface area contributed by atoms with Gasteiger partial charge in [0.2, 0.25) is 5.91 Å². The highest BCUT2D eigenvalue weighted by atomic mass is 79.9. The largest absolute Gasteiger partial charge is 1.00 e. The van der Waals surface area contributed by atoms with Gasteiger partial charge in [-0.2, -0.15) is 0 Å². The third-order valence-corrected chi connectivity index (χ3v) is 2.46. The summed E-state index contributed by atoms with van der Waals surface area (Å²) in [5, 5.41) is 11.3. The first-order chi connectivity index (χ1) is 8.72. The first-order valence-electron chi connectivity index (χ1n) is 6.13. The molecule has 1 rings (SSSR count). The van der Waals surface area contributed by atoms with Crippen LogP contribution in [0.3, 0.4) is 0 Å². The highest BCUT2D eigenvalue weighted by molar-refractivity contribution is 5.75. The van der Waals surface area contributed by atoms with Crippen molar-refractivity contribution >= 4 is 5.91 Å². The van der Waals surface area contributed by atoms with Crippen LogP contribution in [0, 0.1) is 6.92 Å². The van der Waals surface area contributed by atoms with Crippen molar-refractivity contribution in [3.05, 3.63) is 30.1 Å². The molecule has 5 nitrogen and oxygen atoms in total. The predicted molar refractivity (Wildman–Crippen MR) is 66.9 cm³/mol. The van der Waals surface area contributed by atoms with Gasteiger partial charge < -0.3 is 32.1 Å². The standard InChI is InChI=1S/C13H20N2O3.BrH/c1-12-2-6-15(7-3-12)8-4-13(17)14-5-10-18-11-9-16;/h2-3,6-7,16H,4-5,8-11H2,1H3;1H. The number of halogens is 1. The van der Waals surface area contributed by atoms with Crippen molar-refractivity contribution in [3.8, 4) is 0 Å². The topological polar surface area (TPSA) is 62.4 Å². The molecule has 0 atom stereocenters. The number of aliphatic hydroxyl groups is 1. The normalized spacial score (nSPS) is 9.79. The van der Waals surface area contributed by atoms with Crippen LogP contribution in [0.4, 0.5) is 0 Å². The fraction of sp³-hybridized carbons (Fsp3) is 0.538. The lowest BCUT2D eigenvalue weighted by Gasteiger charge is -2.04. The Bertz CT molecular complexity index is 357. The Labute approximate surface area is 124 Å². The summed E-state index contributed by atoms with van der Waals surface area (Å²) in [4.78, 5) is 11.5. The van der Waals surface area contributed by atoms with Gasteiger partial charge in [-0.1, -0.05) is 0 Å². The van der Waals surface area contributed by atoms with Crippen LogP contribution in [0.5, 0.6) is 0 Å². The van der Waals surface area contributed by atoms with Gasteiger partial charge in [0.15, 0.2) is 18.9 Å². The van der Waals surface area contributed by atoms with E-state index >= 15 is 0 Å². The zero-order valence-corrected chi connectivity index (χ0v) is 12.7. The smallest absolute Gasteiger partial charge is 0.226 e. The Balaban J connectivity index is 0.00000324. The van der Waals surface area contributed by atoms with E-state index in [0.717, 1.165) is 0 Å². The molecule has 0 aliphatic rings. The van der Waals surface area contributed by atoms with E-state index in [0.29, 0.717) is 32.7 Å². The second-order valence-corrected chi connectivity index (χ2v) is 4.05. The molecule has 0 spiro atoms. The van der Waals surface area contributed by atoms with Crippen molar-refractivity contribution in [2.75, 3.05) is 26.4 Å².